The Kier molecular flexibility index (Phi) is 22.3. The van der Waals surface area contributed by atoms with E-state index in [0.717, 1.165) is 20.8 Å². The molecular formula is C42H73N5O22. The molecule has 0 aromatic carbocycles. The largest absolute Gasteiger partial charge is 0.479 e. The van der Waals surface area contributed by atoms with Crippen LogP contribution in [0.5, 0.6) is 0 Å². The Labute approximate surface area is 398 Å². The minimum atomic E-state index is -2.23. The van der Waals surface area contributed by atoms with E-state index in [4.69, 9.17) is 43.6 Å². The summed E-state index contributed by atoms with van der Waals surface area (Å²) in [4.78, 5) is 62.6. The zero-order valence-electron chi connectivity index (χ0n) is 39.5. The monoisotopic (exact) mass is 999 g/mol. The van der Waals surface area contributed by atoms with Gasteiger partial charge in [0, 0.05) is 52.2 Å². The van der Waals surface area contributed by atoms with Crippen LogP contribution in [0.2, 0.25) is 0 Å². The number of aliphatic carboxylic acids is 1. The van der Waals surface area contributed by atoms with E-state index in [0.29, 0.717) is 19.4 Å². The molecule has 4 aliphatic rings. The third kappa shape index (κ3) is 14.9. The number of amides is 4. The number of carbonyl (C=O) groups is 5. The Morgan fingerprint density at radius 1 is 0.797 bits per heavy atom. The summed E-state index contributed by atoms with van der Waals surface area (Å²) in [6.07, 6.45) is -23.0. The molecule has 4 rings (SSSR count). The molecule has 398 valence electrons. The number of unbranched alkanes of at least 4 members (excludes halogenated alkanes) is 1. The Morgan fingerprint density at radius 2 is 1.39 bits per heavy atom. The van der Waals surface area contributed by atoms with Crippen LogP contribution in [0, 0.1) is 11.8 Å². The van der Waals surface area contributed by atoms with Crippen LogP contribution >= 0.6 is 0 Å². The minimum Gasteiger partial charge on any atom is -0.479 e. The molecule has 0 bridgehead atoms. The highest BCUT2D eigenvalue weighted by Gasteiger charge is 2.61. The van der Waals surface area contributed by atoms with Gasteiger partial charge in [-0.2, -0.15) is 0 Å². The van der Waals surface area contributed by atoms with Crippen molar-refractivity contribution in [3.05, 3.63) is 0 Å². The summed E-state index contributed by atoms with van der Waals surface area (Å²) in [7, 11) is 0. The molecule has 69 heavy (non-hydrogen) atoms. The lowest BCUT2D eigenvalue weighted by atomic mass is 9.86. The first-order chi connectivity index (χ1) is 32.5. The van der Waals surface area contributed by atoms with Crippen LogP contribution < -0.4 is 27.0 Å². The highest BCUT2D eigenvalue weighted by atomic mass is 16.7. The predicted molar refractivity (Wildman–Crippen MR) is 230 cm³/mol. The van der Waals surface area contributed by atoms with Crippen molar-refractivity contribution in [3.8, 4) is 0 Å². The van der Waals surface area contributed by atoms with E-state index in [1.54, 1.807) is 0 Å². The SMILES string of the molecule is CC(=O)NC(C(O)OC1C(O)C(C)OC(OC2C(O)C(CO)OC(OC3C(CO)OC(OCCNC(=O)CCCCN)C4C[C@@](C)(C(=O)O)OC43)C2NC(C)=O)C1NC(C)=O)C(O)C(O)C(C)CO. The molecule has 4 fully saturated rings. The second kappa shape index (κ2) is 26.4. The Balaban J connectivity index is 1.66. The molecule has 21 atom stereocenters. The maximum absolute atomic E-state index is 12.9. The quantitative estimate of drug-likeness (QED) is 0.0299. The van der Waals surface area contributed by atoms with Gasteiger partial charge in [0.2, 0.25) is 23.6 Å². The summed E-state index contributed by atoms with van der Waals surface area (Å²) >= 11 is 0. The molecule has 27 heteroatoms. The molecule has 0 aromatic heterocycles. The van der Waals surface area contributed by atoms with Gasteiger partial charge in [-0.1, -0.05) is 6.92 Å². The fraction of sp³-hybridized carbons (Fsp3) is 0.881. The van der Waals surface area contributed by atoms with Gasteiger partial charge in [-0.3, -0.25) is 19.2 Å². The third-order valence-corrected chi connectivity index (χ3v) is 12.5. The number of hydrogen-bond acceptors (Lipinski definition) is 22. The Morgan fingerprint density at radius 3 is 1.96 bits per heavy atom. The number of nitrogens with one attached hydrogen (secondary N) is 4. The number of hydrogen-bond donors (Lipinski definition) is 14. The first-order valence-corrected chi connectivity index (χ1v) is 23.0. The fourth-order valence-electron chi connectivity index (χ4n) is 8.81. The summed E-state index contributed by atoms with van der Waals surface area (Å²) in [6.45, 7) is 5.48. The van der Waals surface area contributed by atoms with Crippen LogP contribution in [0.3, 0.4) is 0 Å². The van der Waals surface area contributed by atoms with Crippen LogP contribution in [-0.4, -0.2) is 231 Å². The van der Waals surface area contributed by atoms with Crippen LogP contribution in [0.4, 0.5) is 0 Å². The second-order valence-corrected chi connectivity index (χ2v) is 18.1. The molecule has 4 aliphatic heterocycles. The number of carboxylic acids is 1. The van der Waals surface area contributed by atoms with Crippen molar-refractivity contribution in [2.75, 3.05) is 39.5 Å². The minimum absolute atomic E-state index is 0.0639. The van der Waals surface area contributed by atoms with E-state index < -0.39 is 171 Å². The van der Waals surface area contributed by atoms with Gasteiger partial charge in [0.1, 0.15) is 67.0 Å². The van der Waals surface area contributed by atoms with Crippen molar-refractivity contribution in [2.24, 2.45) is 17.6 Å². The number of carbonyl (C=O) groups excluding carboxylic acids is 4. The van der Waals surface area contributed by atoms with Gasteiger partial charge < -0.3 is 111 Å². The number of aliphatic hydroxyl groups excluding tert-OH is 8. The molecule has 0 spiro atoms. The van der Waals surface area contributed by atoms with Gasteiger partial charge in [0.15, 0.2) is 30.8 Å². The topological polar surface area (TPSA) is 415 Å². The average Bonchev–Trinajstić information content (AvgIpc) is 3.67. The standard InChI is InChI=1S/C42H73N5O22/c1-17(14-48)29(55)32(58)26(45-19(3)51)37(59)66-35-27(46-20(4)52)39(63-18(2)30(35)56)68-36-28(47-21(5)53)40(64-23(15-49)31(36)57)67-34-24(16-50)65-38(22-13-42(6,41(60)61)69-33(22)34)62-12-11-44-25(54)9-7-8-10-43/h17-18,22-24,26-40,48-50,55-59H,7-16,43H2,1-6H3,(H,44,54)(H,45,51)(H,46,52)(H,47,53)(H,60,61)/t17?,18?,22?,23?,24?,26?,27?,28?,29?,30?,31?,32?,33?,34?,35?,36?,37?,38?,39?,40?,42-/m0/s1. The second-order valence-electron chi connectivity index (χ2n) is 18.1. The Hall–Kier alpha value is -3.33. The summed E-state index contributed by atoms with van der Waals surface area (Å²) in [5.41, 5.74) is 3.67. The summed E-state index contributed by atoms with van der Waals surface area (Å²) in [5.74, 6) is -5.67. The van der Waals surface area contributed by atoms with Crippen LogP contribution in [0.15, 0.2) is 0 Å². The lowest BCUT2D eigenvalue weighted by Crippen LogP contribution is -2.71. The number of rotatable bonds is 25. The molecule has 27 nitrogen and oxygen atoms in total. The molecule has 4 heterocycles. The van der Waals surface area contributed by atoms with Crippen molar-refractivity contribution in [3.63, 3.8) is 0 Å². The number of nitrogens with two attached hydrogens (primary N) is 1. The third-order valence-electron chi connectivity index (χ3n) is 12.5. The smallest absolute Gasteiger partial charge is 0.335 e. The zero-order valence-corrected chi connectivity index (χ0v) is 39.5. The van der Waals surface area contributed by atoms with Crippen molar-refractivity contribution < 1.29 is 108 Å². The molecular weight excluding hydrogens is 926 g/mol. The van der Waals surface area contributed by atoms with Gasteiger partial charge in [-0.25, -0.2) is 4.79 Å². The lowest BCUT2D eigenvalue weighted by molar-refractivity contribution is -0.355. The maximum Gasteiger partial charge on any atom is 0.335 e. The molecule has 20 unspecified atom stereocenters. The van der Waals surface area contributed by atoms with E-state index in [1.165, 1.54) is 20.8 Å². The van der Waals surface area contributed by atoms with Gasteiger partial charge >= 0.3 is 5.97 Å². The van der Waals surface area contributed by atoms with Crippen molar-refractivity contribution in [1.82, 2.24) is 21.3 Å². The lowest BCUT2D eigenvalue weighted by Gasteiger charge is -2.50. The van der Waals surface area contributed by atoms with Crippen LogP contribution in [0.1, 0.15) is 67.2 Å². The Bertz CT molecular complexity index is 1690. The summed E-state index contributed by atoms with van der Waals surface area (Å²) < 4.78 is 48.9. The van der Waals surface area contributed by atoms with Gasteiger partial charge in [-0.15, -0.1) is 0 Å². The van der Waals surface area contributed by atoms with E-state index in [-0.39, 0.29) is 31.9 Å². The van der Waals surface area contributed by atoms with Gasteiger partial charge in [-0.05, 0) is 39.7 Å². The molecule has 4 amide bonds. The van der Waals surface area contributed by atoms with Crippen molar-refractivity contribution in [1.29, 1.82) is 0 Å². The van der Waals surface area contributed by atoms with Gasteiger partial charge in [0.05, 0.1) is 38.1 Å². The zero-order chi connectivity index (χ0) is 51.5. The molecule has 0 aliphatic carbocycles. The number of fused-ring (bicyclic) bond motifs is 1. The highest BCUT2D eigenvalue weighted by molar-refractivity contribution is 5.77. The molecule has 0 aromatic rings. The summed E-state index contributed by atoms with van der Waals surface area (Å²) in [5, 5.41) is 107. The van der Waals surface area contributed by atoms with E-state index in [1.807, 2.05) is 0 Å². The summed E-state index contributed by atoms with van der Waals surface area (Å²) in [6, 6.07) is -4.97. The molecule has 0 radical (unpaired) electrons. The number of ether oxygens (including phenoxy) is 8. The maximum atomic E-state index is 12.9. The van der Waals surface area contributed by atoms with Crippen molar-refractivity contribution >= 4 is 29.6 Å². The van der Waals surface area contributed by atoms with E-state index in [2.05, 4.69) is 21.3 Å². The average molecular weight is 1000 g/mol. The van der Waals surface area contributed by atoms with Crippen LogP contribution in [-0.2, 0) is 61.9 Å². The highest BCUT2D eigenvalue weighted by Crippen LogP contribution is 2.45. The van der Waals surface area contributed by atoms with E-state index in [9.17, 15) is 69.9 Å². The first kappa shape index (κ1) is 58.2. The van der Waals surface area contributed by atoms with Crippen LogP contribution in [0.25, 0.3) is 0 Å². The molecule has 15 N–H and O–H groups in total. The van der Waals surface area contributed by atoms with Gasteiger partial charge in [0.25, 0.3) is 0 Å². The van der Waals surface area contributed by atoms with Crippen molar-refractivity contribution in [2.45, 2.75) is 183 Å². The first-order valence-electron chi connectivity index (χ1n) is 23.0. The molecule has 0 saturated carbocycles. The number of aliphatic hydroxyl groups is 8. The normalized spacial score (nSPS) is 36.8. The predicted octanol–water partition coefficient (Wildman–Crippen LogP) is -6.26. The number of carboxylic acid groups (broad SMARTS) is 1. The van der Waals surface area contributed by atoms with E-state index >= 15 is 0 Å². The fourth-order valence-corrected chi connectivity index (χ4v) is 8.81. The molecule has 4 saturated heterocycles.